The van der Waals surface area contributed by atoms with Crippen molar-refractivity contribution in [3.8, 4) is 0 Å². The molecule has 0 bridgehead atoms. The molecule has 106 valence electrons. The first-order valence-electron chi connectivity index (χ1n) is 7.59. The van der Waals surface area contributed by atoms with Crippen LogP contribution in [0.5, 0.6) is 0 Å². The molecule has 3 rings (SSSR count). The molecule has 0 amide bonds. The van der Waals surface area contributed by atoms with Crippen LogP contribution in [0.1, 0.15) is 56.7 Å². The first-order valence-corrected chi connectivity index (χ1v) is 7.59. The number of nitrogens with two attached hydrogens (primary N) is 1. The molecule has 1 saturated heterocycles. The second-order valence-corrected chi connectivity index (χ2v) is 6.13. The lowest BCUT2D eigenvalue weighted by Crippen LogP contribution is -2.34. The average molecular weight is 264 g/mol. The van der Waals surface area contributed by atoms with Gasteiger partial charge in [-0.05, 0) is 51.1 Å². The Kier molecular flexibility index (Phi) is 3.84. The molecular weight excluding hydrogens is 240 g/mol. The van der Waals surface area contributed by atoms with Crippen LogP contribution in [0.15, 0.2) is 4.52 Å². The maximum atomic E-state index is 6.36. The molecule has 2 aliphatic rings. The maximum absolute atomic E-state index is 6.36. The van der Waals surface area contributed by atoms with Gasteiger partial charge in [0, 0.05) is 6.42 Å². The minimum absolute atomic E-state index is 0.327. The van der Waals surface area contributed by atoms with Crippen LogP contribution in [0, 0.1) is 5.92 Å². The molecule has 1 atom stereocenters. The van der Waals surface area contributed by atoms with Crippen LogP contribution < -0.4 is 11.1 Å². The summed E-state index contributed by atoms with van der Waals surface area (Å²) in [7, 11) is 0. The molecule has 1 unspecified atom stereocenters. The predicted molar refractivity (Wildman–Crippen MR) is 72.5 cm³/mol. The van der Waals surface area contributed by atoms with Crippen molar-refractivity contribution < 1.29 is 4.52 Å². The van der Waals surface area contributed by atoms with E-state index in [0.29, 0.717) is 5.92 Å². The summed E-state index contributed by atoms with van der Waals surface area (Å²) < 4.78 is 5.42. The summed E-state index contributed by atoms with van der Waals surface area (Å²) in [6.07, 6.45) is 8.92. The standard InChI is InChI=1S/C14H24N4O/c15-14(6-1-2-7-14)13-17-12(19-18-13)10-11-4-3-8-16-9-5-11/h11,16H,1-10,15H2. The average Bonchev–Trinajstić information content (AvgIpc) is 2.96. The fourth-order valence-corrected chi connectivity index (χ4v) is 3.31. The molecule has 1 aliphatic heterocycles. The number of rotatable bonds is 3. The molecular formula is C14H24N4O. The molecule has 3 N–H and O–H groups in total. The lowest BCUT2D eigenvalue weighted by molar-refractivity contribution is 0.327. The number of hydrogen-bond acceptors (Lipinski definition) is 5. The third-order valence-electron chi connectivity index (χ3n) is 4.57. The van der Waals surface area contributed by atoms with Crippen LogP contribution in [0.25, 0.3) is 0 Å². The third kappa shape index (κ3) is 2.98. The number of nitrogens with zero attached hydrogens (tertiary/aromatic N) is 2. The van der Waals surface area contributed by atoms with Gasteiger partial charge in [-0.2, -0.15) is 4.98 Å². The first-order chi connectivity index (χ1) is 9.26. The summed E-state index contributed by atoms with van der Waals surface area (Å²) in [6.45, 7) is 2.24. The van der Waals surface area contributed by atoms with E-state index in [0.717, 1.165) is 44.1 Å². The molecule has 1 aliphatic carbocycles. The normalized spacial score (nSPS) is 27.3. The molecule has 2 fully saturated rings. The molecule has 0 spiro atoms. The lowest BCUT2D eigenvalue weighted by Gasteiger charge is -2.17. The summed E-state index contributed by atoms with van der Waals surface area (Å²) in [5.74, 6) is 2.17. The van der Waals surface area contributed by atoms with E-state index in [2.05, 4.69) is 15.5 Å². The second kappa shape index (κ2) is 5.59. The highest BCUT2D eigenvalue weighted by atomic mass is 16.5. The summed E-state index contributed by atoms with van der Waals surface area (Å²) in [4.78, 5) is 4.57. The zero-order valence-electron chi connectivity index (χ0n) is 11.5. The first kappa shape index (κ1) is 13.1. The Labute approximate surface area is 114 Å². The molecule has 0 radical (unpaired) electrons. The van der Waals surface area contributed by atoms with Gasteiger partial charge in [-0.15, -0.1) is 0 Å². The van der Waals surface area contributed by atoms with Crippen molar-refractivity contribution in [3.63, 3.8) is 0 Å². The Hall–Kier alpha value is -0.940. The molecule has 5 nitrogen and oxygen atoms in total. The van der Waals surface area contributed by atoms with Crippen molar-refractivity contribution in [2.24, 2.45) is 11.7 Å². The van der Waals surface area contributed by atoms with Gasteiger partial charge in [0.05, 0.1) is 5.54 Å². The zero-order valence-corrected chi connectivity index (χ0v) is 11.5. The monoisotopic (exact) mass is 264 g/mol. The van der Waals surface area contributed by atoms with E-state index >= 15 is 0 Å². The van der Waals surface area contributed by atoms with Crippen LogP contribution in [-0.2, 0) is 12.0 Å². The summed E-state index contributed by atoms with van der Waals surface area (Å²) in [5.41, 5.74) is 6.03. The predicted octanol–water partition coefficient (Wildman–Crippen LogP) is 1.73. The minimum Gasteiger partial charge on any atom is -0.339 e. The highest BCUT2D eigenvalue weighted by Crippen LogP contribution is 2.34. The Morgan fingerprint density at radius 3 is 2.89 bits per heavy atom. The van der Waals surface area contributed by atoms with Gasteiger partial charge in [0.15, 0.2) is 5.82 Å². The fraction of sp³-hybridized carbons (Fsp3) is 0.857. The van der Waals surface area contributed by atoms with E-state index in [1.807, 2.05) is 0 Å². The molecule has 5 heteroatoms. The molecule has 1 aromatic rings. The second-order valence-electron chi connectivity index (χ2n) is 6.13. The molecule has 0 aromatic carbocycles. The number of aromatic nitrogens is 2. The van der Waals surface area contributed by atoms with Crippen molar-refractivity contribution in [1.82, 2.24) is 15.5 Å². The van der Waals surface area contributed by atoms with Crippen molar-refractivity contribution in [2.75, 3.05) is 13.1 Å². The SMILES string of the molecule is NC1(c2noc(CC3CCCNCC3)n2)CCCC1. The minimum atomic E-state index is -0.327. The molecule has 1 saturated carbocycles. The van der Waals surface area contributed by atoms with Crippen LogP contribution in [-0.4, -0.2) is 23.2 Å². The van der Waals surface area contributed by atoms with Gasteiger partial charge in [0.1, 0.15) is 0 Å². The van der Waals surface area contributed by atoms with E-state index < -0.39 is 0 Å². The van der Waals surface area contributed by atoms with Gasteiger partial charge in [-0.3, -0.25) is 0 Å². The van der Waals surface area contributed by atoms with E-state index in [9.17, 15) is 0 Å². The molecule has 1 aromatic heterocycles. The fourth-order valence-electron chi connectivity index (χ4n) is 3.31. The van der Waals surface area contributed by atoms with Crippen LogP contribution in [0.3, 0.4) is 0 Å². The quantitative estimate of drug-likeness (QED) is 0.869. The van der Waals surface area contributed by atoms with Crippen LogP contribution >= 0.6 is 0 Å². The van der Waals surface area contributed by atoms with Gasteiger partial charge in [-0.25, -0.2) is 0 Å². The molecule has 19 heavy (non-hydrogen) atoms. The van der Waals surface area contributed by atoms with E-state index in [1.54, 1.807) is 0 Å². The van der Waals surface area contributed by atoms with Gasteiger partial charge >= 0.3 is 0 Å². The number of nitrogens with one attached hydrogen (secondary N) is 1. The highest BCUT2D eigenvalue weighted by Gasteiger charge is 2.36. The van der Waals surface area contributed by atoms with Gasteiger partial charge in [0.2, 0.25) is 5.89 Å². The van der Waals surface area contributed by atoms with E-state index in [4.69, 9.17) is 10.3 Å². The summed E-state index contributed by atoms with van der Waals surface area (Å²) in [5, 5.41) is 7.56. The van der Waals surface area contributed by atoms with Crippen LogP contribution in [0.4, 0.5) is 0 Å². The number of hydrogen-bond donors (Lipinski definition) is 2. The van der Waals surface area contributed by atoms with Gasteiger partial charge < -0.3 is 15.6 Å². The topological polar surface area (TPSA) is 77.0 Å². The van der Waals surface area contributed by atoms with Crippen molar-refractivity contribution in [3.05, 3.63) is 11.7 Å². The highest BCUT2D eigenvalue weighted by molar-refractivity contribution is 5.06. The Balaban J connectivity index is 1.64. The summed E-state index contributed by atoms with van der Waals surface area (Å²) in [6, 6.07) is 0. The largest absolute Gasteiger partial charge is 0.339 e. The van der Waals surface area contributed by atoms with Crippen molar-refractivity contribution in [2.45, 2.75) is 56.9 Å². The zero-order chi connectivity index (χ0) is 13.1. The van der Waals surface area contributed by atoms with Crippen molar-refractivity contribution >= 4 is 0 Å². The third-order valence-corrected chi connectivity index (χ3v) is 4.57. The summed E-state index contributed by atoms with van der Waals surface area (Å²) >= 11 is 0. The smallest absolute Gasteiger partial charge is 0.226 e. The Morgan fingerprint density at radius 2 is 2.05 bits per heavy atom. The Bertz CT molecular complexity index is 403. The van der Waals surface area contributed by atoms with Gasteiger partial charge in [0.25, 0.3) is 0 Å². The van der Waals surface area contributed by atoms with E-state index in [1.165, 1.54) is 32.1 Å². The maximum Gasteiger partial charge on any atom is 0.226 e. The Morgan fingerprint density at radius 1 is 1.21 bits per heavy atom. The van der Waals surface area contributed by atoms with Crippen LogP contribution in [0.2, 0.25) is 0 Å². The van der Waals surface area contributed by atoms with Gasteiger partial charge in [-0.1, -0.05) is 18.0 Å². The van der Waals surface area contributed by atoms with Crippen molar-refractivity contribution in [1.29, 1.82) is 0 Å². The lowest BCUT2D eigenvalue weighted by atomic mass is 9.96. The molecule has 2 heterocycles. The van der Waals surface area contributed by atoms with E-state index in [-0.39, 0.29) is 5.54 Å².